The third-order valence-corrected chi connectivity index (χ3v) is 6.18. The number of carboxylic acids is 1. The molecular weight excluding hydrogens is 408 g/mol. The number of carbonyl (C=O) groups excluding carboxylic acids is 2. The molecule has 4 rings (SSSR count). The number of hydrogen-bond donors (Lipinski definition) is 2. The second-order valence-electron chi connectivity index (χ2n) is 8.06. The average Bonchev–Trinajstić information content (AvgIpc) is 3.07. The zero-order valence-corrected chi connectivity index (χ0v) is 17.7. The molecule has 2 amide bonds. The molecule has 1 saturated heterocycles. The van der Waals surface area contributed by atoms with Gasteiger partial charge in [-0.05, 0) is 41.5 Å². The van der Waals surface area contributed by atoms with E-state index in [1.54, 1.807) is 6.08 Å². The van der Waals surface area contributed by atoms with Crippen LogP contribution in [0.1, 0.15) is 36.3 Å². The number of alkyl carbamates (subject to hydrolysis) is 1. The Morgan fingerprint density at radius 2 is 1.75 bits per heavy atom. The number of allylic oxidation sites excluding steroid dienone is 1. The number of amides is 2. The van der Waals surface area contributed by atoms with Crippen molar-refractivity contribution < 1.29 is 24.2 Å². The first kappa shape index (κ1) is 21.6. The fourth-order valence-electron chi connectivity index (χ4n) is 4.43. The van der Waals surface area contributed by atoms with Gasteiger partial charge in [0.25, 0.3) is 0 Å². The van der Waals surface area contributed by atoms with Crippen LogP contribution in [0.2, 0.25) is 0 Å². The SMILES string of the molecule is C=CCCC(NC(=O)OCC1c2ccccc2-c2ccccc21)C(=O)N1CCC1C(=O)O. The van der Waals surface area contributed by atoms with Crippen molar-refractivity contribution in [1.82, 2.24) is 10.2 Å². The molecule has 166 valence electrons. The zero-order chi connectivity index (χ0) is 22.7. The first-order valence-corrected chi connectivity index (χ1v) is 10.8. The molecule has 1 aliphatic heterocycles. The molecule has 2 aromatic rings. The molecule has 7 nitrogen and oxygen atoms in total. The normalized spacial score (nSPS) is 17.5. The molecule has 2 aliphatic rings. The fraction of sp³-hybridized carbons (Fsp3) is 0.320. The Labute approximate surface area is 186 Å². The lowest BCUT2D eigenvalue weighted by Gasteiger charge is -2.40. The molecule has 0 spiro atoms. The van der Waals surface area contributed by atoms with Gasteiger partial charge in [0.05, 0.1) is 0 Å². The van der Waals surface area contributed by atoms with Gasteiger partial charge >= 0.3 is 12.1 Å². The molecule has 1 fully saturated rings. The summed E-state index contributed by atoms with van der Waals surface area (Å²) in [5, 5.41) is 11.9. The third-order valence-electron chi connectivity index (χ3n) is 6.18. The standard InChI is InChI=1S/C25H26N2O5/c1-2-3-12-21(23(28)27-14-13-22(27)24(29)30)26-25(31)32-15-20-18-10-6-4-8-16(18)17-9-5-7-11-19(17)20/h2,4-11,20-22H,1,3,12-15H2,(H,26,31)(H,29,30). The lowest BCUT2D eigenvalue weighted by molar-refractivity contribution is -0.158. The Bertz CT molecular complexity index is 1000. The van der Waals surface area contributed by atoms with Crippen LogP contribution in [0.25, 0.3) is 11.1 Å². The maximum atomic E-state index is 12.8. The van der Waals surface area contributed by atoms with Gasteiger partial charge in [-0.1, -0.05) is 54.6 Å². The van der Waals surface area contributed by atoms with Crippen LogP contribution in [0.5, 0.6) is 0 Å². The van der Waals surface area contributed by atoms with E-state index in [0.29, 0.717) is 25.8 Å². The van der Waals surface area contributed by atoms with Crippen molar-refractivity contribution in [3.05, 3.63) is 72.3 Å². The molecule has 2 aromatic carbocycles. The Kier molecular flexibility index (Phi) is 6.25. The zero-order valence-electron chi connectivity index (χ0n) is 17.7. The van der Waals surface area contributed by atoms with Gasteiger partial charge < -0.3 is 20.1 Å². The first-order chi connectivity index (χ1) is 15.5. The summed E-state index contributed by atoms with van der Waals surface area (Å²) in [6, 6.07) is 14.4. The number of benzene rings is 2. The van der Waals surface area contributed by atoms with E-state index >= 15 is 0 Å². The number of carboxylic acid groups (broad SMARTS) is 1. The molecule has 2 unspecified atom stereocenters. The number of nitrogens with zero attached hydrogens (tertiary/aromatic N) is 1. The Morgan fingerprint density at radius 1 is 1.12 bits per heavy atom. The van der Waals surface area contributed by atoms with Crippen molar-refractivity contribution in [2.24, 2.45) is 0 Å². The van der Waals surface area contributed by atoms with Crippen LogP contribution < -0.4 is 5.32 Å². The number of fused-ring (bicyclic) bond motifs is 3. The van der Waals surface area contributed by atoms with E-state index in [-0.39, 0.29) is 12.5 Å². The summed E-state index contributed by atoms with van der Waals surface area (Å²) in [5.74, 6) is -1.52. The molecule has 0 saturated carbocycles. The van der Waals surface area contributed by atoms with E-state index in [9.17, 15) is 19.5 Å². The predicted molar refractivity (Wildman–Crippen MR) is 119 cm³/mol. The molecule has 1 aliphatic carbocycles. The van der Waals surface area contributed by atoms with E-state index in [0.717, 1.165) is 22.3 Å². The van der Waals surface area contributed by atoms with E-state index in [4.69, 9.17) is 4.74 Å². The average molecular weight is 434 g/mol. The summed E-state index contributed by atoms with van der Waals surface area (Å²) >= 11 is 0. The van der Waals surface area contributed by atoms with E-state index in [1.165, 1.54) is 4.90 Å². The minimum atomic E-state index is -1.03. The highest BCUT2D eigenvalue weighted by molar-refractivity contribution is 5.90. The van der Waals surface area contributed by atoms with Crippen molar-refractivity contribution >= 4 is 18.0 Å². The lowest BCUT2D eigenvalue weighted by atomic mass is 9.98. The topological polar surface area (TPSA) is 95.9 Å². The number of aliphatic carboxylic acids is 1. The number of carbonyl (C=O) groups is 3. The maximum Gasteiger partial charge on any atom is 0.407 e. The lowest BCUT2D eigenvalue weighted by Crippen LogP contribution is -2.60. The second kappa shape index (κ2) is 9.26. The Balaban J connectivity index is 1.42. The van der Waals surface area contributed by atoms with Crippen LogP contribution in [-0.4, -0.2) is 53.2 Å². The molecule has 0 radical (unpaired) electrons. The van der Waals surface area contributed by atoms with Gasteiger partial charge in [0.1, 0.15) is 18.7 Å². The van der Waals surface area contributed by atoms with Crippen LogP contribution in [0, 0.1) is 0 Å². The number of likely N-dealkylation sites (tertiary alicyclic amines) is 1. The third kappa shape index (κ3) is 4.10. The summed E-state index contributed by atoms with van der Waals surface area (Å²) in [7, 11) is 0. The molecule has 0 aromatic heterocycles. The highest BCUT2D eigenvalue weighted by Crippen LogP contribution is 2.44. The van der Waals surface area contributed by atoms with Gasteiger partial charge in [0.15, 0.2) is 0 Å². The van der Waals surface area contributed by atoms with Gasteiger partial charge in [-0.25, -0.2) is 9.59 Å². The molecule has 1 heterocycles. The predicted octanol–water partition coefficient (Wildman–Crippen LogP) is 3.55. The van der Waals surface area contributed by atoms with Gasteiger partial charge in [-0.2, -0.15) is 0 Å². The Hall–Kier alpha value is -3.61. The molecule has 2 atom stereocenters. The van der Waals surface area contributed by atoms with Crippen molar-refractivity contribution in [2.75, 3.05) is 13.2 Å². The first-order valence-electron chi connectivity index (χ1n) is 10.8. The second-order valence-corrected chi connectivity index (χ2v) is 8.06. The van der Waals surface area contributed by atoms with Gasteiger partial charge in [0.2, 0.25) is 5.91 Å². The van der Waals surface area contributed by atoms with Gasteiger partial charge in [-0.15, -0.1) is 6.58 Å². The maximum absolute atomic E-state index is 12.8. The molecule has 32 heavy (non-hydrogen) atoms. The molecule has 7 heteroatoms. The number of rotatable bonds is 8. The highest BCUT2D eigenvalue weighted by atomic mass is 16.5. The van der Waals surface area contributed by atoms with Crippen molar-refractivity contribution in [2.45, 2.75) is 37.3 Å². The molecule has 0 bridgehead atoms. The largest absolute Gasteiger partial charge is 0.480 e. The quantitative estimate of drug-likeness (QED) is 0.620. The number of nitrogens with one attached hydrogen (secondary N) is 1. The van der Waals surface area contributed by atoms with Crippen LogP contribution in [0.15, 0.2) is 61.2 Å². The van der Waals surface area contributed by atoms with Gasteiger partial charge in [0, 0.05) is 12.5 Å². The van der Waals surface area contributed by atoms with Gasteiger partial charge in [-0.3, -0.25) is 4.79 Å². The summed E-state index contributed by atoms with van der Waals surface area (Å²) in [6.07, 6.45) is 2.22. The van der Waals surface area contributed by atoms with Crippen molar-refractivity contribution in [3.8, 4) is 11.1 Å². The van der Waals surface area contributed by atoms with Crippen molar-refractivity contribution in [1.29, 1.82) is 0 Å². The van der Waals surface area contributed by atoms with Crippen LogP contribution in [-0.2, 0) is 14.3 Å². The number of ether oxygens (including phenoxy) is 1. The fourth-order valence-corrected chi connectivity index (χ4v) is 4.43. The molecular formula is C25H26N2O5. The summed E-state index contributed by atoms with van der Waals surface area (Å²) in [6.45, 7) is 4.17. The smallest absolute Gasteiger partial charge is 0.407 e. The van der Waals surface area contributed by atoms with Crippen LogP contribution in [0.4, 0.5) is 4.79 Å². The monoisotopic (exact) mass is 434 g/mol. The minimum absolute atomic E-state index is 0.0813. The summed E-state index contributed by atoms with van der Waals surface area (Å²) in [5.41, 5.74) is 4.47. The van der Waals surface area contributed by atoms with Crippen LogP contribution >= 0.6 is 0 Å². The van der Waals surface area contributed by atoms with Crippen molar-refractivity contribution in [3.63, 3.8) is 0 Å². The minimum Gasteiger partial charge on any atom is -0.480 e. The number of hydrogen-bond acceptors (Lipinski definition) is 4. The molecule has 2 N–H and O–H groups in total. The summed E-state index contributed by atoms with van der Waals surface area (Å²) in [4.78, 5) is 38.0. The summed E-state index contributed by atoms with van der Waals surface area (Å²) < 4.78 is 5.54. The van der Waals surface area contributed by atoms with E-state index in [2.05, 4.69) is 24.0 Å². The van der Waals surface area contributed by atoms with E-state index in [1.807, 2.05) is 36.4 Å². The Morgan fingerprint density at radius 3 is 2.28 bits per heavy atom. The van der Waals surface area contributed by atoms with Crippen LogP contribution in [0.3, 0.4) is 0 Å². The van der Waals surface area contributed by atoms with E-state index < -0.39 is 30.1 Å². The highest BCUT2D eigenvalue weighted by Gasteiger charge is 2.40.